The van der Waals surface area contributed by atoms with Crippen LogP contribution in [0.1, 0.15) is 5.56 Å². The first kappa shape index (κ1) is 8.28. The molecule has 0 amide bonds. The summed E-state index contributed by atoms with van der Waals surface area (Å²) in [5.41, 5.74) is 1.24. The minimum atomic E-state index is 0.898. The molecule has 0 fully saturated rings. The van der Waals surface area contributed by atoms with Gasteiger partial charge in [-0.1, -0.05) is 50.1 Å². The van der Waals surface area contributed by atoms with Crippen LogP contribution in [0.5, 0.6) is 0 Å². The molecule has 1 radical (unpaired) electrons. The van der Waals surface area contributed by atoms with Gasteiger partial charge in [-0.15, -0.1) is 0 Å². The van der Waals surface area contributed by atoms with Crippen molar-refractivity contribution >= 4 is 31.9 Å². The van der Waals surface area contributed by atoms with E-state index in [0.29, 0.717) is 0 Å². The molecular weight excluding hydrogens is 256 g/mol. The van der Waals surface area contributed by atoms with Crippen LogP contribution < -0.4 is 0 Å². The summed E-state index contributed by atoms with van der Waals surface area (Å²) in [6.07, 6.45) is 2.12. The van der Waals surface area contributed by atoms with E-state index in [4.69, 9.17) is 0 Å². The Bertz CT molecular complexity index is 208. The number of halogens is 2. The van der Waals surface area contributed by atoms with Crippen LogP contribution in [0, 0.1) is 6.42 Å². The van der Waals surface area contributed by atoms with Crippen molar-refractivity contribution in [1.29, 1.82) is 0 Å². The molecule has 0 N–H and O–H groups in total. The van der Waals surface area contributed by atoms with Crippen LogP contribution in [0.3, 0.4) is 0 Å². The van der Waals surface area contributed by atoms with Crippen LogP contribution in [0.15, 0.2) is 28.7 Å². The number of hydrogen-bond donors (Lipinski definition) is 0. The Labute approximate surface area is 77.9 Å². The quantitative estimate of drug-likeness (QED) is 0.717. The van der Waals surface area contributed by atoms with Gasteiger partial charge in [-0.2, -0.15) is 0 Å². The fraction of sp³-hybridized carbons (Fsp3) is 0.125. The first-order valence-corrected chi connectivity index (χ1v) is 4.89. The first-order valence-electron chi connectivity index (χ1n) is 2.98. The Kier molecular flexibility index (Phi) is 3.43. The average Bonchev–Trinajstić information content (AvgIpc) is 1.94. The smallest absolute Gasteiger partial charge is 0.0210 e. The maximum atomic E-state index is 3.45. The Morgan fingerprint density at radius 3 is 2.60 bits per heavy atom. The summed E-state index contributed by atoms with van der Waals surface area (Å²) in [6.45, 7) is 0. The van der Waals surface area contributed by atoms with Gasteiger partial charge >= 0.3 is 0 Å². The predicted molar refractivity (Wildman–Crippen MR) is 51.3 cm³/mol. The van der Waals surface area contributed by atoms with Crippen molar-refractivity contribution in [2.45, 2.75) is 0 Å². The van der Waals surface area contributed by atoms with Crippen molar-refractivity contribution in [2.75, 3.05) is 5.33 Å². The van der Waals surface area contributed by atoms with Gasteiger partial charge in [-0.3, -0.25) is 0 Å². The molecule has 1 aromatic carbocycles. The van der Waals surface area contributed by atoms with Crippen LogP contribution >= 0.6 is 31.9 Å². The summed E-state index contributed by atoms with van der Waals surface area (Å²) in [6, 6.07) is 8.15. The van der Waals surface area contributed by atoms with E-state index in [2.05, 4.69) is 44.3 Å². The molecule has 0 atom stereocenters. The van der Waals surface area contributed by atoms with Crippen molar-refractivity contribution in [1.82, 2.24) is 0 Å². The Hall–Kier alpha value is 0.180. The van der Waals surface area contributed by atoms with Gasteiger partial charge in [0, 0.05) is 16.2 Å². The topological polar surface area (TPSA) is 0 Å². The molecule has 0 unspecified atom stereocenters. The molecule has 10 heavy (non-hydrogen) atoms. The second kappa shape index (κ2) is 4.14. The molecule has 0 saturated carbocycles. The summed E-state index contributed by atoms with van der Waals surface area (Å²) in [7, 11) is 0. The Morgan fingerprint density at radius 2 is 2.00 bits per heavy atom. The highest BCUT2D eigenvalue weighted by atomic mass is 79.9. The minimum absolute atomic E-state index is 0.898. The van der Waals surface area contributed by atoms with Gasteiger partial charge < -0.3 is 0 Å². The molecule has 2 heteroatoms. The molecule has 0 aliphatic carbocycles. The molecule has 0 aromatic heterocycles. The summed E-state index contributed by atoms with van der Waals surface area (Å²) >= 11 is 6.79. The second-order valence-electron chi connectivity index (χ2n) is 1.88. The first-order chi connectivity index (χ1) is 4.84. The van der Waals surface area contributed by atoms with Crippen molar-refractivity contribution in [3.05, 3.63) is 40.7 Å². The molecule has 0 spiro atoms. The van der Waals surface area contributed by atoms with Gasteiger partial charge in [0.1, 0.15) is 0 Å². The molecule has 0 aliphatic heterocycles. The van der Waals surface area contributed by atoms with E-state index in [1.165, 1.54) is 5.56 Å². The van der Waals surface area contributed by atoms with Crippen LogP contribution in [0.4, 0.5) is 0 Å². The lowest BCUT2D eigenvalue weighted by molar-refractivity contribution is 1.42. The predicted octanol–water partition coefficient (Wildman–Crippen LogP) is 3.40. The van der Waals surface area contributed by atoms with E-state index in [1.54, 1.807) is 0 Å². The molecular formula is C8H7Br2. The van der Waals surface area contributed by atoms with E-state index < -0.39 is 0 Å². The van der Waals surface area contributed by atoms with Gasteiger partial charge in [0.05, 0.1) is 0 Å². The highest BCUT2D eigenvalue weighted by molar-refractivity contribution is 9.10. The average molecular weight is 263 g/mol. The number of benzene rings is 1. The van der Waals surface area contributed by atoms with Crippen molar-refractivity contribution in [3.8, 4) is 0 Å². The summed E-state index contributed by atoms with van der Waals surface area (Å²) < 4.78 is 1.15. The van der Waals surface area contributed by atoms with E-state index in [-0.39, 0.29) is 0 Å². The third-order valence-electron chi connectivity index (χ3n) is 1.20. The van der Waals surface area contributed by atoms with Crippen LogP contribution in [-0.2, 0) is 0 Å². The number of alkyl halides is 1. The maximum absolute atomic E-state index is 3.45. The summed E-state index contributed by atoms with van der Waals surface area (Å²) in [4.78, 5) is 0. The van der Waals surface area contributed by atoms with Crippen LogP contribution in [0.2, 0.25) is 0 Å². The SMILES string of the molecule is BrC[CH]c1ccccc1Br. The van der Waals surface area contributed by atoms with Gasteiger partial charge in [0.2, 0.25) is 0 Å². The van der Waals surface area contributed by atoms with E-state index in [9.17, 15) is 0 Å². The molecule has 0 bridgehead atoms. The fourth-order valence-corrected chi connectivity index (χ4v) is 1.52. The Balaban J connectivity index is 2.81. The van der Waals surface area contributed by atoms with Gasteiger partial charge in [-0.25, -0.2) is 0 Å². The largest absolute Gasteiger partial charge is 0.0921 e. The van der Waals surface area contributed by atoms with Gasteiger partial charge in [0.25, 0.3) is 0 Å². The third-order valence-corrected chi connectivity index (χ3v) is 2.25. The highest BCUT2D eigenvalue weighted by Crippen LogP contribution is 2.17. The second-order valence-corrected chi connectivity index (χ2v) is 3.38. The molecule has 0 aliphatic rings. The van der Waals surface area contributed by atoms with Gasteiger partial charge in [0.15, 0.2) is 0 Å². The minimum Gasteiger partial charge on any atom is -0.0921 e. The number of hydrogen-bond acceptors (Lipinski definition) is 0. The standard InChI is InChI=1S/C8H7Br2/c9-6-5-7-3-1-2-4-8(7)10/h1-5H,6H2. The molecule has 0 saturated heterocycles. The highest BCUT2D eigenvalue weighted by Gasteiger charge is 1.95. The maximum Gasteiger partial charge on any atom is 0.0210 e. The molecule has 1 rings (SSSR count). The monoisotopic (exact) mass is 261 g/mol. The lowest BCUT2D eigenvalue weighted by Crippen LogP contribution is -1.82. The van der Waals surface area contributed by atoms with E-state index in [0.717, 1.165) is 9.80 Å². The zero-order valence-electron chi connectivity index (χ0n) is 5.35. The normalized spacial score (nSPS) is 9.80. The molecule has 0 heterocycles. The van der Waals surface area contributed by atoms with Crippen molar-refractivity contribution in [2.24, 2.45) is 0 Å². The van der Waals surface area contributed by atoms with Crippen molar-refractivity contribution in [3.63, 3.8) is 0 Å². The lowest BCUT2D eigenvalue weighted by atomic mass is 10.2. The molecule has 53 valence electrons. The lowest BCUT2D eigenvalue weighted by Gasteiger charge is -1.98. The third kappa shape index (κ3) is 2.10. The molecule has 1 aromatic rings. The number of rotatable bonds is 2. The Morgan fingerprint density at radius 1 is 1.30 bits per heavy atom. The van der Waals surface area contributed by atoms with Crippen LogP contribution in [0.25, 0.3) is 0 Å². The molecule has 0 nitrogen and oxygen atoms in total. The van der Waals surface area contributed by atoms with Gasteiger partial charge in [-0.05, 0) is 11.6 Å². The fourth-order valence-electron chi connectivity index (χ4n) is 0.724. The van der Waals surface area contributed by atoms with E-state index >= 15 is 0 Å². The summed E-state index contributed by atoms with van der Waals surface area (Å²) in [5.74, 6) is 0. The van der Waals surface area contributed by atoms with Crippen molar-refractivity contribution < 1.29 is 0 Å². The zero-order valence-corrected chi connectivity index (χ0v) is 8.52. The van der Waals surface area contributed by atoms with Crippen LogP contribution in [-0.4, -0.2) is 5.33 Å². The summed E-state index contributed by atoms with van der Waals surface area (Å²) in [5, 5.41) is 0.898. The van der Waals surface area contributed by atoms with E-state index in [1.807, 2.05) is 18.2 Å². The zero-order chi connectivity index (χ0) is 7.40.